The molecular formula is C17H22N2O3. The number of rotatable bonds is 5. The van der Waals surface area contributed by atoms with Gasteiger partial charge in [0.15, 0.2) is 5.69 Å². The number of ether oxygens (including phenoxy) is 2. The second-order valence-electron chi connectivity index (χ2n) is 5.65. The van der Waals surface area contributed by atoms with Gasteiger partial charge in [0.05, 0.1) is 12.1 Å². The first-order valence-corrected chi connectivity index (χ1v) is 8.00. The number of nitrogens with zero attached hydrogens (tertiary/aromatic N) is 2. The van der Waals surface area contributed by atoms with Crippen LogP contribution >= 0.6 is 0 Å². The van der Waals surface area contributed by atoms with Crippen molar-refractivity contribution in [1.29, 1.82) is 0 Å². The molecule has 0 saturated carbocycles. The van der Waals surface area contributed by atoms with Crippen molar-refractivity contribution in [3.8, 4) is 0 Å². The fourth-order valence-electron chi connectivity index (χ4n) is 2.99. The average Bonchev–Trinajstić information content (AvgIpc) is 2.93. The number of hydrogen-bond donors (Lipinski definition) is 0. The van der Waals surface area contributed by atoms with Gasteiger partial charge in [0.2, 0.25) is 0 Å². The summed E-state index contributed by atoms with van der Waals surface area (Å²) in [6.07, 6.45) is 3.30. The van der Waals surface area contributed by atoms with Crippen LogP contribution < -0.4 is 0 Å². The molecule has 0 spiro atoms. The summed E-state index contributed by atoms with van der Waals surface area (Å²) in [7, 11) is 0. The van der Waals surface area contributed by atoms with Crippen LogP contribution in [-0.4, -0.2) is 35.6 Å². The lowest BCUT2D eigenvalue weighted by Crippen LogP contribution is -2.17. The highest BCUT2D eigenvalue weighted by molar-refractivity contribution is 6.02. The van der Waals surface area contributed by atoms with E-state index in [1.165, 1.54) is 0 Å². The summed E-state index contributed by atoms with van der Waals surface area (Å²) >= 11 is 0. The fraction of sp³-hybridized carbons (Fsp3) is 0.529. The molecule has 1 aliphatic heterocycles. The van der Waals surface area contributed by atoms with Gasteiger partial charge in [-0.05, 0) is 38.2 Å². The molecule has 2 heterocycles. The first-order valence-electron chi connectivity index (χ1n) is 8.00. The van der Waals surface area contributed by atoms with Crippen LogP contribution in [0, 0.1) is 5.92 Å². The Hall–Kier alpha value is -1.88. The van der Waals surface area contributed by atoms with Crippen LogP contribution in [0.1, 0.15) is 36.7 Å². The van der Waals surface area contributed by atoms with Gasteiger partial charge in [0, 0.05) is 25.1 Å². The van der Waals surface area contributed by atoms with E-state index in [2.05, 4.69) is 5.10 Å². The molecule has 2 aromatic rings. The van der Waals surface area contributed by atoms with E-state index in [9.17, 15) is 4.79 Å². The summed E-state index contributed by atoms with van der Waals surface area (Å²) in [5.41, 5.74) is 1.42. The maximum Gasteiger partial charge on any atom is 0.359 e. The highest BCUT2D eigenvalue weighted by Crippen LogP contribution is 2.23. The van der Waals surface area contributed by atoms with E-state index in [4.69, 9.17) is 9.47 Å². The van der Waals surface area contributed by atoms with Crippen molar-refractivity contribution in [1.82, 2.24) is 9.78 Å². The van der Waals surface area contributed by atoms with Gasteiger partial charge >= 0.3 is 5.97 Å². The standard InChI is InChI=1S/C17H22N2O3/c1-2-22-17(20)16-14-5-3-4-6-15(14)19(18-16)10-7-13-8-11-21-12-9-13/h3-6,13H,2,7-12H2,1H3. The van der Waals surface area contributed by atoms with Crippen molar-refractivity contribution < 1.29 is 14.3 Å². The molecule has 1 saturated heterocycles. The van der Waals surface area contributed by atoms with Gasteiger partial charge in [-0.1, -0.05) is 18.2 Å². The van der Waals surface area contributed by atoms with Crippen LogP contribution in [0.5, 0.6) is 0 Å². The number of benzene rings is 1. The Balaban J connectivity index is 1.81. The minimum absolute atomic E-state index is 0.344. The first-order chi connectivity index (χ1) is 10.8. The predicted molar refractivity (Wildman–Crippen MR) is 83.8 cm³/mol. The van der Waals surface area contributed by atoms with E-state index in [0.29, 0.717) is 18.2 Å². The SMILES string of the molecule is CCOC(=O)c1nn(CCC2CCOCC2)c2ccccc12. The fourth-order valence-corrected chi connectivity index (χ4v) is 2.99. The zero-order chi connectivity index (χ0) is 15.4. The Bertz CT molecular complexity index is 644. The lowest BCUT2D eigenvalue weighted by Gasteiger charge is -2.21. The van der Waals surface area contributed by atoms with Gasteiger partial charge in [-0.2, -0.15) is 5.10 Å². The van der Waals surface area contributed by atoms with Crippen LogP contribution in [0.2, 0.25) is 0 Å². The first kappa shape index (κ1) is 15.0. The second kappa shape index (κ2) is 6.92. The third-order valence-electron chi connectivity index (χ3n) is 4.22. The molecular weight excluding hydrogens is 280 g/mol. The van der Waals surface area contributed by atoms with Crippen molar-refractivity contribution >= 4 is 16.9 Å². The van der Waals surface area contributed by atoms with Gasteiger partial charge in [-0.3, -0.25) is 4.68 Å². The molecule has 1 aliphatic rings. The molecule has 0 unspecified atom stereocenters. The number of carbonyl (C=O) groups excluding carboxylic acids is 1. The number of carbonyl (C=O) groups is 1. The molecule has 0 radical (unpaired) electrons. The van der Waals surface area contributed by atoms with E-state index >= 15 is 0 Å². The molecule has 0 N–H and O–H groups in total. The highest BCUT2D eigenvalue weighted by atomic mass is 16.5. The lowest BCUT2D eigenvalue weighted by atomic mass is 9.97. The molecule has 1 aromatic heterocycles. The molecule has 118 valence electrons. The number of para-hydroxylation sites is 1. The monoisotopic (exact) mass is 302 g/mol. The molecule has 5 heteroatoms. The topological polar surface area (TPSA) is 53.3 Å². The van der Waals surface area contributed by atoms with E-state index in [1.807, 2.05) is 35.9 Å². The molecule has 1 fully saturated rings. The van der Waals surface area contributed by atoms with Crippen LogP contribution in [0.25, 0.3) is 10.9 Å². The second-order valence-corrected chi connectivity index (χ2v) is 5.65. The average molecular weight is 302 g/mol. The minimum Gasteiger partial charge on any atom is -0.461 e. The third-order valence-corrected chi connectivity index (χ3v) is 4.22. The molecule has 5 nitrogen and oxygen atoms in total. The number of hydrogen-bond acceptors (Lipinski definition) is 4. The normalized spacial score (nSPS) is 16.0. The Morgan fingerprint density at radius 2 is 2.14 bits per heavy atom. The Morgan fingerprint density at radius 1 is 1.36 bits per heavy atom. The molecule has 0 aliphatic carbocycles. The van der Waals surface area contributed by atoms with Gasteiger partial charge in [-0.25, -0.2) is 4.79 Å². The molecule has 0 amide bonds. The van der Waals surface area contributed by atoms with Crippen LogP contribution in [0.15, 0.2) is 24.3 Å². The van der Waals surface area contributed by atoms with Gasteiger partial charge < -0.3 is 9.47 Å². The Kier molecular flexibility index (Phi) is 4.73. The largest absolute Gasteiger partial charge is 0.461 e. The summed E-state index contributed by atoms with van der Waals surface area (Å²) in [5.74, 6) is 0.339. The summed E-state index contributed by atoms with van der Waals surface area (Å²) < 4.78 is 12.5. The summed E-state index contributed by atoms with van der Waals surface area (Å²) in [6.45, 7) is 4.71. The Morgan fingerprint density at radius 3 is 2.91 bits per heavy atom. The van der Waals surface area contributed by atoms with Crippen molar-refractivity contribution in [3.05, 3.63) is 30.0 Å². The van der Waals surface area contributed by atoms with Crippen molar-refractivity contribution in [2.24, 2.45) is 5.92 Å². The number of aromatic nitrogens is 2. The number of aryl methyl sites for hydroxylation is 1. The van der Waals surface area contributed by atoms with Crippen LogP contribution in [0.4, 0.5) is 0 Å². The Labute approximate surface area is 130 Å². The van der Waals surface area contributed by atoms with Gasteiger partial charge in [0.1, 0.15) is 0 Å². The maximum atomic E-state index is 12.1. The van der Waals surface area contributed by atoms with Gasteiger partial charge in [-0.15, -0.1) is 0 Å². The quantitative estimate of drug-likeness (QED) is 0.797. The summed E-state index contributed by atoms with van der Waals surface area (Å²) in [4.78, 5) is 12.1. The van der Waals surface area contributed by atoms with Crippen LogP contribution in [0.3, 0.4) is 0 Å². The lowest BCUT2D eigenvalue weighted by molar-refractivity contribution is 0.0520. The number of esters is 1. The van der Waals surface area contributed by atoms with E-state index in [-0.39, 0.29) is 5.97 Å². The smallest absolute Gasteiger partial charge is 0.359 e. The van der Waals surface area contributed by atoms with E-state index in [0.717, 1.165) is 49.9 Å². The van der Waals surface area contributed by atoms with Crippen molar-refractivity contribution in [3.63, 3.8) is 0 Å². The number of fused-ring (bicyclic) bond motifs is 1. The minimum atomic E-state index is -0.344. The molecule has 22 heavy (non-hydrogen) atoms. The molecule has 0 bridgehead atoms. The zero-order valence-corrected chi connectivity index (χ0v) is 13.0. The van der Waals surface area contributed by atoms with Crippen LogP contribution in [-0.2, 0) is 16.0 Å². The van der Waals surface area contributed by atoms with Crippen molar-refractivity contribution in [2.45, 2.75) is 32.7 Å². The third kappa shape index (κ3) is 3.14. The predicted octanol–water partition coefficient (Wildman–Crippen LogP) is 3.03. The molecule has 0 atom stereocenters. The van der Waals surface area contributed by atoms with Crippen molar-refractivity contribution in [2.75, 3.05) is 19.8 Å². The maximum absolute atomic E-state index is 12.1. The summed E-state index contributed by atoms with van der Waals surface area (Å²) in [5, 5.41) is 5.37. The molecule has 1 aromatic carbocycles. The summed E-state index contributed by atoms with van der Waals surface area (Å²) in [6, 6.07) is 7.84. The highest BCUT2D eigenvalue weighted by Gasteiger charge is 2.19. The zero-order valence-electron chi connectivity index (χ0n) is 13.0. The molecule has 3 rings (SSSR count). The van der Waals surface area contributed by atoms with E-state index < -0.39 is 0 Å². The van der Waals surface area contributed by atoms with E-state index in [1.54, 1.807) is 0 Å². The van der Waals surface area contributed by atoms with Gasteiger partial charge in [0.25, 0.3) is 0 Å².